The molecule has 0 aliphatic carbocycles. The van der Waals surface area contributed by atoms with Gasteiger partial charge in [0.05, 0.1) is 12.6 Å². The molecule has 7 nitrogen and oxygen atoms in total. The highest BCUT2D eigenvalue weighted by atomic mass is 32.1. The van der Waals surface area contributed by atoms with Gasteiger partial charge in [-0.05, 0) is 6.92 Å². The van der Waals surface area contributed by atoms with Crippen LogP contribution in [0.2, 0.25) is 0 Å². The normalized spacial score (nSPS) is 16.6. The Balaban J connectivity index is 1.89. The third-order valence-corrected chi connectivity index (χ3v) is 3.40. The van der Waals surface area contributed by atoms with Crippen LogP contribution in [0.5, 0.6) is 0 Å². The third-order valence-electron chi connectivity index (χ3n) is 2.44. The van der Waals surface area contributed by atoms with E-state index in [1.54, 1.807) is 13.1 Å². The molecule has 4 amide bonds. The maximum atomic E-state index is 11.7. The molecule has 2 N–H and O–H groups in total. The molecule has 2 heterocycles. The van der Waals surface area contributed by atoms with E-state index < -0.39 is 11.9 Å². The monoisotopic (exact) mass is 268 g/mol. The molecule has 1 aromatic heterocycles. The number of rotatable bonds is 4. The van der Waals surface area contributed by atoms with Crippen molar-refractivity contribution in [2.45, 2.75) is 13.0 Å². The van der Waals surface area contributed by atoms with Crippen molar-refractivity contribution in [2.24, 2.45) is 0 Å². The lowest BCUT2D eigenvalue weighted by molar-refractivity contribution is -0.130. The molecule has 1 saturated heterocycles. The fourth-order valence-electron chi connectivity index (χ4n) is 1.56. The van der Waals surface area contributed by atoms with Crippen molar-refractivity contribution in [1.29, 1.82) is 0 Å². The van der Waals surface area contributed by atoms with E-state index in [9.17, 15) is 14.4 Å². The lowest BCUT2D eigenvalue weighted by Crippen LogP contribution is -2.41. The van der Waals surface area contributed by atoms with Crippen LogP contribution >= 0.6 is 11.3 Å². The molecule has 0 radical (unpaired) electrons. The lowest BCUT2D eigenvalue weighted by atomic mass is 10.3. The summed E-state index contributed by atoms with van der Waals surface area (Å²) in [6, 6.07) is -0.768. The first-order valence-corrected chi connectivity index (χ1v) is 6.23. The molecular weight excluding hydrogens is 256 g/mol. The number of thiazole rings is 1. The van der Waals surface area contributed by atoms with E-state index in [-0.39, 0.29) is 25.0 Å². The molecule has 0 spiro atoms. The number of aromatic nitrogens is 1. The average molecular weight is 268 g/mol. The lowest BCUT2D eigenvalue weighted by Gasteiger charge is -2.15. The van der Waals surface area contributed by atoms with Gasteiger partial charge in [-0.1, -0.05) is 0 Å². The Morgan fingerprint density at radius 1 is 1.67 bits per heavy atom. The van der Waals surface area contributed by atoms with Gasteiger partial charge in [0.15, 0.2) is 0 Å². The van der Waals surface area contributed by atoms with Crippen LogP contribution in [-0.2, 0) is 9.59 Å². The number of amides is 4. The fraction of sp³-hybridized carbons (Fsp3) is 0.400. The second-order valence-electron chi connectivity index (χ2n) is 3.80. The molecular formula is C10H12N4O3S. The highest BCUT2D eigenvalue weighted by molar-refractivity contribution is 7.09. The van der Waals surface area contributed by atoms with E-state index in [0.717, 1.165) is 9.91 Å². The number of hydrogen-bond donors (Lipinski definition) is 2. The number of carbonyl (C=O) groups is 3. The maximum absolute atomic E-state index is 11.7. The third kappa shape index (κ3) is 2.65. The summed E-state index contributed by atoms with van der Waals surface area (Å²) >= 11 is 1.43. The zero-order valence-corrected chi connectivity index (χ0v) is 10.5. The van der Waals surface area contributed by atoms with Crippen molar-refractivity contribution in [3.05, 3.63) is 16.6 Å². The van der Waals surface area contributed by atoms with E-state index in [0.29, 0.717) is 0 Å². The van der Waals surface area contributed by atoms with Gasteiger partial charge in [0.1, 0.15) is 11.6 Å². The topological polar surface area (TPSA) is 91.4 Å². The number of hydrogen-bond acceptors (Lipinski definition) is 5. The summed E-state index contributed by atoms with van der Waals surface area (Å²) < 4.78 is 0. The predicted molar refractivity (Wildman–Crippen MR) is 63.8 cm³/mol. The van der Waals surface area contributed by atoms with Crippen LogP contribution < -0.4 is 10.6 Å². The van der Waals surface area contributed by atoms with E-state index in [4.69, 9.17) is 0 Å². The van der Waals surface area contributed by atoms with E-state index in [2.05, 4.69) is 15.6 Å². The molecule has 2 rings (SSSR count). The van der Waals surface area contributed by atoms with E-state index in [1.165, 1.54) is 11.3 Å². The molecule has 8 heteroatoms. The van der Waals surface area contributed by atoms with Crippen LogP contribution in [0.15, 0.2) is 11.6 Å². The molecule has 0 aromatic carbocycles. The smallest absolute Gasteiger partial charge is 0.325 e. The molecule has 0 saturated carbocycles. The molecule has 96 valence electrons. The Morgan fingerprint density at radius 3 is 3.00 bits per heavy atom. The van der Waals surface area contributed by atoms with E-state index >= 15 is 0 Å². The van der Waals surface area contributed by atoms with Crippen molar-refractivity contribution in [3.8, 4) is 0 Å². The highest BCUT2D eigenvalue weighted by Gasteiger charge is 2.30. The van der Waals surface area contributed by atoms with Crippen LogP contribution in [0, 0.1) is 0 Å². The summed E-state index contributed by atoms with van der Waals surface area (Å²) in [6.45, 7) is 1.48. The minimum absolute atomic E-state index is 0.0475. The number of carbonyl (C=O) groups excluding carboxylic acids is 3. The van der Waals surface area contributed by atoms with Crippen LogP contribution in [-0.4, -0.2) is 40.8 Å². The molecule has 1 aliphatic heterocycles. The van der Waals surface area contributed by atoms with Gasteiger partial charge in [0.25, 0.3) is 5.91 Å². The first kappa shape index (κ1) is 12.5. The van der Waals surface area contributed by atoms with Crippen molar-refractivity contribution in [2.75, 3.05) is 13.1 Å². The quantitative estimate of drug-likeness (QED) is 0.744. The van der Waals surface area contributed by atoms with Crippen LogP contribution in [0.3, 0.4) is 0 Å². The summed E-state index contributed by atoms with van der Waals surface area (Å²) in [5, 5.41) is 7.63. The summed E-state index contributed by atoms with van der Waals surface area (Å²) in [5.74, 6) is -0.778. The first-order chi connectivity index (χ1) is 8.58. The minimum Gasteiger partial charge on any atom is -0.346 e. The summed E-state index contributed by atoms with van der Waals surface area (Å²) in [7, 11) is 0. The standard InChI is InChI=1S/C10H12N4O3S/c1-6(9-11-2-3-18-9)13-7(15)5-14-8(16)4-12-10(14)17/h2-3,6H,4-5H2,1H3,(H,12,17)(H,13,15)/t6-/m0/s1. The zero-order valence-electron chi connectivity index (χ0n) is 9.67. The second kappa shape index (κ2) is 5.13. The average Bonchev–Trinajstić information content (AvgIpc) is 2.94. The molecule has 0 bridgehead atoms. The van der Waals surface area contributed by atoms with Crippen molar-refractivity contribution in [3.63, 3.8) is 0 Å². The number of nitrogens with one attached hydrogen (secondary N) is 2. The molecule has 0 unspecified atom stereocenters. The Kier molecular flexibility index (Phi) is 3.56. The van der Waals surface area contributed by atoms with Gasteiger partial charge in [0.2, 0.25) is 5.91 Å². The largest absolute Gasteiger partial charge is 0.346 e. The van der Waals surface area contributed by atoms with Crippen molar-refractivity contribution in [1.82, 2.24) is 20.5 Å². The van der Waals surface area contributed by atoms with Crippen molar-refractivity contribution >= 4 is 29.2 Å². The number of nitrogens with zero attached hydrogens (tertiary/aromatic N) is 2. The zero-order chi connectivity index (χ0) is 13.1. The molecule has 18 heavy (non-hydrogen) atoms. The fourth-order valence-corrected chi connectivity index (χ4v) is 2.20. The van der Waals surface area contributed by atoms with Gasteiger partial charge >= 0.3 is 6.03 Å². The van der Waals surface area contributed by atoms with Gasteiger partial charge in [-0.2, -0.15) is 0 Å². The van der Waals surface area contributed by atoms with E-state index in [1.807, 2.05) is 5.38 Å². The Hall–Kier alpha value is -1.96. The van der Waals surface area contributed by atoms with Crippen molar-refractivity contribution < 1.29 is 14.4 Å². The summed E-state index contributed by atoms with van der Waals surface area (Å²) in [5.41, 5.74) is 0. The van der Waals surface area contributed by atoms with Gasteiger partial charge < -0.3 is 10.6 Å². The highest BCUT2D eigenvalue weighted by Crippen LogP contribution is 2.14. The first-order valence-electron chi connectivity index (χ1n) is 5.35. The molecule has 1 aliphatic rings. The summed E-state index contributed by atoms with van der Waals surface area (Å²) in [6.07, 6.45) is 1.65. The Morgan fingerprint density at radius 2 is 2.44 bits per heavy atom. The Bertz CT molecular complexity index is 457. The van der Waals surface area contributed by atoms with Gasteiger partial charge in [0, 0.05) is 11.6 Å². The molecule has 1 atom stereocenters. The van der Waals surface area contributed by atoms with Crippen LogP contribution in [0.4, 0.5) is 4.79 Å². The SMILES string of the molecule is C[C@H](NC(=O)CN1C(=O)CNC1=O)c1nccs1. The van der Waals surface area contributed by atoms with Gasteiger partial charge in [-0.25, -0.2) is 9.78 Å². The second-order valence-corrected chi connectivity index (χ2v) is 4.72. The molecule has 1 aromatic rings. The Labute approximate surface area is 107 Å². The predicted octanol–water partition coefficient (Wildman–Crippen LogP) is -0.128. The van der Waals surface area contributed by atoms with Crippen LogP contribution in [0.1, 0.15) is 18.0 Å². The van der Waals surface area contributed by atoms with Gasteiger partial charge in [-0.15, -0.1) is 11.3 Å². The minimum atomic E-state index is -0.531. The number of urea groups is 1. The summed E-state index contributed by atoms with van der Waals surface area (Å²) in [4.78, 5) is 39.2. The number of imide groups is 1. The molecule has 1 fully saturated rings. The van der Waals surface area contributed by atoms with Crippen LogP contribution in [0.25, 0.3) is 0 Å². The van der Waals surface area contributed by atoms with Gasteiger partial charge in [-0.3, -0.25) is 14.5 Å². The maximum Gasteiger partial charge on any atom is 0.325 e.